The maximum absolute atomic E-state index is 6.24. The molecule has 114 valence electrons. The molecule has 4 rings (SSSR count). The third-order valence-electron chi connectivity index (χ3n) is 4.01. The fourth-order valence-electron chi connectivity index (χ4n) is 3.09. The number of hydrogen-bond acceptors (Lipinski definition) is 5. The molecule has 0 aromatic carbocycles. The maximum Gasteiger partial charge on any atom is 0.150 e. The summed E-state index contributed by atoms with van der Waals surface area (Å²) in [6, 6.07) is 0. The Hall–Kier alpha value is -1.30. The van der Waals surface area contributed by atoms with Gasteiger partial charge in [-0.25, -0.2) is 15.0 Å². The van der Waals surface area contributed by atoms with E-state index in [-0.39, 0.29) is 0 Å². The first-order chi connectivity index (χ1) is 10.6. The SMILES string of the molecule is CC(C)Cc1nc2sc3c(Cl)ncnc3c2c2c1COCC2. The number of ether oxygens (including phenoxy) is 1. The number of rotatable bonds is 2. The molecule has 0 N–H and O–H groups in total. The Labute approximate surface area is 137 Å². The first kappa shape index (κ1) is 14.3. The molecular formula is C16H16ClN3OS. The lowest BCUT2D eigenvalue weighted by Crippen LogP contribution is -2.15. The minimum Gasteiger partial charge on any atom is -0.376 e. The van der Waals surface area contributed by atoms with Crippen molar-refractivity contribution in [1.82, 2.24) is 15.0 Å². The maximum atomic E-state index is 6.24. The van der Waals surface area contributed by atoms with Crippen LogP contribution in [0.3, 0.4) is 0 Å². The third kappa shape index (κ3) is 2.19. The molecule has 3 aromatic heterocycles. The van der Waals surface area contributed by atoms with Gasteiger partial charge in [-0.2, -0.15) is 0 Å². The highest BCUT2D eigenvalue weighted by Crippen LogP contribution is 2.39. The summed E-state index contributed by atoms with van der Waals surface area (Å²) in [5.74, 6) is 0.564. The Morgan fingerprint density at radius 2 is 2.18 bits per heavy atom. The Bertz CT molecular complexity index is 875. The molecule has 3 aromatic rings. The first-order valence-electron chi connectivity index (χ1n) is 7.46. The van der Waals surface area contributed by atoms with Gasteiger partial charge in [0.2, 0.25) is 0 Å². The quantitative estimate of drug-likeness (QED) is 0.660. The third-order valence-corrected chi connectivity index (χ3v) is 5.48. The van der Waals surface area contributed by atoms with Gasteiger partial charge in [-0.3, -0.25) is 0 Å². The largest absolute Gasteiger partial charge is 0.376 e. The van der Waals surface area contributed by atoms with Crippen LogP contribution >= 0.6 is 22.9 Å². The molecule has 0 saturated heterocycles. The van der Waals surface area contributed by atoms with E-state index >= 15 is 0 Å². The fraction of sp³-hybridized carbons (Fsp3) is 0.438. The zero-order chi connectivity index (χ0) is 15.3. The molecule has 0 saturated carbocycles. The van der Waals surface area contributed by atoms with Gasteiger partial charge in [0.25, 0.3) is 0 Å². The first-order valence-corrected chi connectivity index (χ1v) is 8.65. The van der Waals surface area contributed by atoms with Crippen molar-refractivity contribution in [2.24, 2.45) is 5.92 Å². The van der Waals surface area contributed by atoms with E-state index in [2.05, 4.69) is 23.8 Å². The van der Waals surface area contributed by atoms with Crippen LogP contribution in [0.25, 0.3) is 20.4 Å². The average Bonchev–Trinajstić information content (AvgIpc) is 2.87. The number of nitrogens with zero attached hydrogens (tertiary/aromatic N) is 3. The monoisotopic (exact) mass is 333 g/mol. The Balaban J connectivity index is 2.09. The second kappa shape index (κ2) is 5.41. The Morgan fingerprint density at radius 3 is 3.00 bits per heavy atom. The summed E-state index contributed by atoms with van der Waals surface area (Å²) < 4.78 is 6.62. The van der Waals surface area contributed by atoms with E-state index in [9.17, 15) is 0 Å². The van der Waals surface area contributed by atoms with E-state index in [1.54, 1.807) is 11.3 Å². The molecular weight excluding hydrogens is 318 g/mol. The van der Waals surface area contributed by atoms with Gasteiger partial charge in [-0.15, -0.1) is 11.3 Å². The molecule has 0 atom stereocenters. The van der Waals surface area contributed by atoms with Crippen LogP contribution in [0.2, 0.25) is 5.15 Å². The second-order valence-electron chi connectivity index (χ2n) is 6.04. The highest BCUT2D eigenvalue weighted by atomic mass is 35.5. The second-order valence-corrected chi connectivity index (χ2v) is 7.40. The standard InChI is InChI=1S/C16H16ClN3OS/c1-8(2)5-11-10-6-21-4-3-9(10)12-13-14(22-16(12)20-11)15(17)19-7-18-13/h7-8H,3-6H2,1-2H3. The molecule has 22 heavy (non-hydrogen) atoms. The highest BCUT2D eigenvalue weighted by molar-refractivity contribution is 7.26. The van der Waals surface area contributed by atoms with Crippen molar-refractivity contribution in [3.8, 4) is 0 Å². The molecule has 1 aliphatic rings. The van der Waals surface area contributed by atoms with E-state index < -0.39 is 0 Å². The van der Waals surface area contributed by atoms with Crippen LogP contribution in [-0.2, 0) is 24.2 Å². The molecule has 6 heteroatoms. The minimum atomic E-state index is 0.513. The molecule has 1 aliphatic heterocycles. The van der Waals surface area contributed by atoms with E-state index in [1.165, 1.54) is 17.5 Å². The lowest BCUT2D eigenvalue weighted by Gasteiger charge is -2.21. The number of aromatic nitrogens is 3. The minimum absolute atomic E-state index is 0.513. The van der Waals surface area contributed by atoms with Gasteiger partial charge in [0.05, 0.1) is 23.4 Å². The summed E-state index contributed by atoms with van der Waals surface area (Å²) in [7, 11) is 0. The summed E-state index contributed by atoms with van der Waals surface area (Å²) in [4.78, 5) is 14.5. The van der Waals surface area contributed by atoms with Gasteiger partial charge >= 0.3 is 0 Å². The van der Waals surface area contributed by atoms with Crippen LogP contribution in [0.1, 0.15) is 30.7 Å². The molecule has 0 radical (unpaired) electrons. The van der Waals surface area contributed by atoms with Gasteiger partial charge < -0.3 is 4.74 Å². The predicted octanol–water partition coefficient (Wildman–Crippen LogP) is 4.16. The van der Waals surface area contributed by atoms with Crippen LogP contribution < -0.4 is 0 Å². The number of fused-ring (bicyclic) bond motifs is 5. The summed E-state index contributed by atoms with van der Waals surface area (Å²) in [6.45, 7) is 5.84. The van der Waals surface area contributed by atoms with Gasteiger partial charge in [-0.05, 0) is 24.3 Å². The molecule has 4 nitrogen and oxygen atoms in total. The lowest BCUT2D eigenvalue weighted by atomic mass is 9.95. The Kier molecular flexibility index (Phi) is 3.51. The van der Waals surface area contributed by atoms with Crippen molar-refractivity contribution in [2.45, 2.75) is 33.3 Å². The summed E-state index contributed by atoms with van der Waals surface area (Å²) in [6.07, 6.45) is 3.41. The summed E-state index contributed by atoms with van der Waals surface area (Å²) in [5, 5.41) is 1.66. The van der Waals surface area contributed by atoms with Crippen LogP contribution in [0.4, 0.5) is 0 Å². The van der Waals surface area contributed by atoms with Crippen molar-refractivity contribution in [3.63, 3.8) is 0 Å². The van der Waals surface area contributed by atoms with Gasteiger partial charge in [0.15, 0.2) is 0 Å². The van der Waals surface area contributed by atoms with Crippen molar-refractivity contribution in [1.29, 1.82) is 0 Å². The van der Waals surface area contributed by atoms with Crippen LogP contribution in [-0.4, -0.2) is 21.6 Å². The molecule has 0 bridgehead atoms. The van der Waals surface area contributed by atoms with Crippen LogP contribution in [0.5, 0.6) is 0 Å². The summed E-state index contributed by atoms with van der Waals surface area (Å²) in [5.41, 5.74) is 4.68. The average molecular weight is 334 g/mol. The van der Waals surface area contributed by atoms with E-state index in [1.807, 2.05) is 0 Å². The molecule has 0 spiro atoms. The van der Waals surface area contributed by atoms with Crippen LogP contribution in [0.15, 0.2) is 6.33 Å². The zero-order valence-electron chi connectivity index (χ0n) is 12.5. The van der Waals surface area contributed by atoms with Gasteiger partial charge in [0, 0.05) is 16.6 Å². The zero-order valence-corrected chi connectivity index (χ0v) is 14.1. The number of halogens is 1. The smallest absolute Gasteiger partial charge is 0.150 e. The molecule has 0 fully saturated rings. The Morgan fingerprint density at radius 1 is 1.32 bits per heavy atom. The number of pyridine rings is 1. The van der Waals surface area contributed by atoms with E-state index in [4.69, 9.17) is 21.3 Å². The van der Waals surface area contributed by atoms with E-state index in [0.717, 1.165) is 45.6 Å². The van der Waals surface area contributed by atoms with Crippen molar-refractivity contribution < 1.29 is 4.74 Å². The van der Waals surface area contributed by atoms with E-state index in [0.29, 0.717) is 17.7 Å². The van der Waals surface area contributed by atoms with Crippen molar-refractivity contribution >= 4 is 43.4 Å². The van der Waals surface area contributed by atoms with Crippen LogP contribution in [0, 0.1) is 5.92 Å². The van der Waals surface area contributed by atoms with Crippen molar-refractivity contribution in [2.75, 3.05) is 6.61 Å². The molecule has 0 unspecified atom stereocenters. The fourth-order valence-corrected chi connectivity index (χ4v) is 4.39. The number of hydrogen-bond donors (Lipinski definition) is 0. The van der Waals surface area contributed by atoms with Gasteiger partial charge in [-0.1, -0.05) is 25.4 Å². The summed E-state index contributed by atoms with van der Waals surface area (Å²) >= 11 is 7.84. The predicted molar refractivity (Wildman–Crippen MR) is 89.6 cm³/mol. The molecule has 0 amide bonds. The molecule has 4 heterocycles. The molecule has 0 aliphatic carbocycles. The highest BCUT2D eigenvalue weighted by Gasteiger charge is 2.23. The lowest BCUT2D eigenvalue weighted by molar-refractivity contribution is 0.110. The van der Waals surface area contributed by atoms with Gasteiger partial charge in [0.1, 0.15) is 16.3 Å². The number of thiophene rings is 1. The van der Waals surface area contributed by atoms with Crippen molar-refractivity contribution in [3.05, 3.63) is 28.3 Å². The normalized spacial score (nSPS) is 14.9. The topological polar surface area (TPSA) is 47.9 Å².